The lowest BCUT2D eigenvalue weighted by Crippen LogP contribution is -2.33. The SMILES string of the molecule is O=C(O)CC(=O)NCC1(c2cccc(F)c2)CC1. The molecule has 1 saturated carbocycles. The summed E-state index contributed by atoms with van der Waals surface area (Å²) in [5.74, 6) is -1.95. The largest absolute Gasteiger partial charge is 0.481 e. The maximum absolute atomic E-state index is 13.1. The molecule has 5 heteroatoms. The topological polar surface area (TPSA) is 66.4 Å². The second-order valence-corrected chi connectivity index (χ2v) is 4.64. The number of hydrogen-bond donors (Lipinski definition) is 2. The van der Waals surface area contributed by atoms with Crippen LogP contribution in [0, 0.1) is 5.82 Å². The summed E-state index contributed by atoms with van der Waals surface area (Å²) in [6.45, 7) is 0.364. The van der Waals surface area contributed by atoms with Gasteiger partial charge in [0.25, 0.3) is 0 Å². The first kappa shape index (κ1) is 12.5. The van der Waals surface area contributed by atoms with Crippen molar-refractivity contribution >= 4 is 11.9 Å². The van der Waals surface area contributed by atoms with Crippen molar-refractivity contribution in [1.82, 2.24) is 5.32 Å². The smallest absolute Gasteiger partial charge is 0.312 e. The van der Waals surface area contributed by atoms with E-state index < -0.39 is 18.3 Å². The molecule has 2 rings (SSSR count). The van der Waals surface area contributed by atoms with Gasteiger partial charge in [0, 0.05) is 12.0 Å². The number of hydrogen-bond acceptors (Lipinski definition) is 2. The van der Waals surface area contributed by atoms with E-state index in [9.17, 15) is 14.0 Å². The molecule has 0 heterocycles. The fraction of sp³-hybridized carbons (Fsp3) is 0.385. The summed E-state index contributed by atoms with van der Waals surface area (Å²) in [5.41, 5.74) is 0.647. The molecule has 1 aliphatic rings. The van der Waals surface area contributed by atoms with Crippen LogP contribution in [0.4, 0.5) is 4.39 Å². The van der Waals surface area contributed by atoms with Crippen LogP contribution in [0.5, 0.6) is 0 Å². The zero-order valence-corrected chi connectivity index (χ0v) is 9.78. The van der Waals surface area contributed by atoms with Crippen LogP contribution >= 0.6 is 0 Å². The summed E-state index contributed by atoms with van der Waals surface area (Å²) in [5, 5.41) is 11.1. The average Bonchev–Trinajstić information content (AvgIpc) is 3.06. The predicted octanol–water partition coefficient (Wildman–Crippen LogP) is 1.45. The lowest BCUT2D eigenvalue weighted by atomic mass is 9.96. The van der Waals surface area contributed by atoms with Crippen molar-refractivity contribution in [2.24, 2.45) is 0 Å². The fourth-order valence-electron chi connectivity index (χ4n) is 2.00. The van der Waals surface area contributed by atoms with Crippen LogP contribution in [-0.2, 0) is 15.0 Å². The van der Waals surface area contributed by atoms with Crippen molar-refractivity contribution < 1.29 is 19.1 Å². The molecule has 0 unspecified atom stereocenters. The van der Waals surface area contributed by atoms with Gasteiger partial charge >= 0.3 is 5.97 Å². The molecule has 1 fully saturated rings. The van der Waals surface area contributed by atoms with Crippen LogP contribution in [0.1, 0.15) is 24.8 Å². The maximum Gasteiger partial charge on any atom is 0.312 e. The van der Waals surface area contributed by atoms with E-state index in [1.807, 2.05) is 6.07 Å². The van der Waals surface area contributed by atoms with Crippen molar-refractivity contribution in [3.05, 3.63) is 35.6 Å². The molecule has 96 valence electrons. The third kappa shape index (κ3) is 2.85. The molecule has 2 N–H and O–H groups in total. The quantitative estimate of drug-likeness (QED) is 0.778. The van der Waals surface area contributed by atoms with Crippen molar-refractivity contribution in [3.8, 4) is 0 Å². The first-order valence-corrected chi connectivity index (χ1v) is 5.76. The molecule has 1 amide bonds. The van der Waals surface area contributed by atoms with Crippen molar-refractivity contribution in [3.63, 3.8) is 0 Å². The second kappa shape index (κ2) is 4.76. The summed E-state index contributed by atoms with van der Waals surface area (Å²) >= 11 is 0. The van der Waals surface area contributed by atoms with Gasteiger partial charge in [-0.1, -0.05) is 12.1 Å². The summed E-state index contributed by atoms with van der Waals surface area (Å²) in [6, 6.07) is 6.32. The van der Waals surface area contributed by atoms with E-state index in [0.717, 1.165) is 18.4 Å². The number of carboxylic acid groups (broad SMARTS) is 1. The molecule has 0 aromatic heterocycles. The normalized spacial score (nSPS) is 16.1. The van der Waals surface area contributed by atoms with Crippen LogP contribution < -0.4 is 5.32 Å². The van der Waals surface area contributed by atoms with E-state index in [-0.39, 0.29) is 11.2 Å². The monoisotopic (exact) mass is 251 g/mol. The minimum atomic E-state index is -1.15. The Balaban J connectivity index is 1.97. The van der Waals surface area contributed by atoms with Gasteiger partial charge in [-0.15, -0.1) is 0 Å². The van der Waals surface area contributed by atoms with Gasteiger partial charge in [-0.2, -0.15) is 0 Å². The van der Waals surface area contributed by atoms with Crippen LogP contribution in [-0.4, -0.2) is 23.5 Å². The van der Waals surface area contributed by atoms with E-state index in [1.54, 1.807) is 6.07 Å². The maximum atomic E-state index is 13.1. The van der Waals surface area contributed by atoms with Gasteiger partial charge in [-0.3, -0.25) is 9.59 Å². The van der Waals surface area contributed by atoms with E-state index in [1.165, 1.54) is 12.1 Å². The Hall–Kier alpha value is -1.91. The highest BCUT2D eigenvalue weighted by atomic mass is 19.1. The molecule has 1 aromatic rings. The van der Waals surface area contributed by atoms with Crippen LogP contribution in [0.25, 0.3) is 0 Å². The molecule has 4 nitrogen and oxygen atoms in total. The lowest BCUT2D eigenvalue weighted by molar-refractivity contribution is -0.140. The first-order valence-electron chi connectivity index (χ1n) is 5.76. The van der Waals surface area contributed by atoms with Gasteiger partial charge in [0.15, 0.2) is 0 Å². The van der Waals surface area contributed by atoms with Gasteiger partial charge in [0.2, 0.25) is 5.91 Å². The molecule has 1 aromatic carbocycles. The Morgan fingerprint density at radius 2 is 2.11 bits per heavy atom. The van der Waals surface area contributed by atoms with Crippen LogP contribution in [0.3, 0.4) is 0 Å². The molecular weight excluding hydrogens is 237 g/mol. The van der Waals surface area contributed by atoms with Crippen LogP contribution in [0.15, 0.2) is 24.3 Å². The number of halogens is 1. The van der Waals surface area contributed by atoms with Gasteiger partial charge in [0.1, 0.15) is 12.2 Å². The molecule has 0 bridgehead atoms. The Labute approximate surface area is 104 Å². The zero-order valence-electron chi connectivity index (χ0n) is 9.78. The minimum absolute atomic E-state index is 0.212. The first-order chi connectivity index (χ1) is 8.52. The number of carboxylic acids is 1. The van der Waals surface area contributed by atoms with E-state index in [0.29, 0.717) is 6.54 Å². The molecule has 18 heavy (non-hydrogen) atoms. The molecule has 0 spiro atoms. The van der Waals surface area contributed by atoms with Gasteiger partial charge < -0.3 is 10.4 Å². The average molecular weight is 251 g/mol. The van der Waals surface area contributed by atoms with Crippen molar-refractivity contribution in [2.45, 2.75) is 24.7 Å². The van der Waals surface area contributed by atoms with Crippen molar-refractivity contribution in [2.75, 3.05) is 6.54 Å². The Morgan fingerprint density at radius 3 is 2.67 bits per heavy atom. The fourth-order valence-corrected chi connectivity index (χ4v) is 2.00. The Morgan fingerprint density at radius 1 is 1.39 bits per heavy atom. The Bertz CT molecular complexity index is 483. The number of aliphatic carboxylic acids is 1. The minimum Gasteiger partial charge on any atom is -0.481 e. The number of amides is 1. The number of rotatable bonds is 5. The molecule has 0 aliphatic heterocycles. The molecule has 0 saturated heterocycles. The van der Waals surface area contributed by atoms with E-state index in [4.69, 9.17) is 5.11 Å². The summed E-state index contributed by atoms with van der Waals surface area (Å²) in [4.78, 5) is 21.6. The molecule has 0 atom stereocenters. The number of nitrogens with one attached hydrogen (secondary N) is 1. The standard InChI is InChI=1S/C13H14FNO3/c14-10-3-1-2-9(6-10)13(4-5-13)8-15-11(16)7-12(17)18/h1-3,6H,4-5,7-8H2,(H,15,16)(H,17,18). The highest BCUT2D eigenvalue weighted by molar-refractivity contribution is 5.93. The van der Waals surface area contributed by atoms with E-state index >= 15 is 0 Å². The zero-order chi connectivity index (χ0) is 13.2. The lowest BCUT2D eigenvalue weighted by Gasteiger charge is -2.16. The predicted molar refractivity (Wildman–Crippen MR) is 62.6 cm³/mol. The third-order valence-electron chi connectivity index (χ3n) is 3.23. The van der Waals surface area contributed by atoms with Gasteiger partial charge in [-0.05, 0) is 30.5 Å². The summed E-state index contributed by atoms with van der Waals surface area (Å²) in [6.07, 6.45) is 1.23. The second-order valence-electron chi connectivity index (χ2n) is 4.64. The van der Waals surface area contributed by atoms with Gasteiger partial charge in [0.05, 0.1) is 0 Å². The molecular formula is C13H14FNO3. The van der Waals surface area contributed by atoms with Gasteiger partial charge in [-0.25, -0.2) is 4.39 Å². The highest BCUT2D eigenvalue weighted by Gasteiger charge is 2.44. The Kier molecular flexibility index (Phi) is 3.32. The number of carbonyl (C=O) groups excluding carboxylic acids is 1. The third-order valence-corrected chi connectivity index (χ3v) is 3.23. The highest BCUT2D eigenvalue weighted by Crippen LogP contribution is 2.47. The van der Waals surface area contributed by atoms with Crippen molar-refractivity contribution in [1.29, 1.82) is 0 Å². The number of carbonyl (C=O) groups is 2. The summed E-state index contributed by atoms with van der Waals surface area (Å²) in [7, 11) is 0. The number of benzene rings is 1. The molecule has 0 radical (unpaired) electrons. The summed E-state index contributed by atoms with van der Waals surface area (Å²) < 4.78 is 13.1. The molecule has 1 aliphatic carbocycles. The van der Waals surface area contributed by atoms with E-state index in [2.05, 4.69) is 5.32 Å². The van der Waals surface area contributed by atoms with Crippen LogP contribution in [0.2, 0.25) is 0 Å².